The third kappa shape index (κ3) is 5.54. The summed E-state index contributed by atoms with van der Waals surface area (Å²) in [7, 11) is 0. The molecule has 0 aromatic heterocycles. The number of hydrogen-bond acceptors (Lipinski definition) is 5. The number of nitrogens with zero attached hydrogens (tertiary/aromatic N) is 2. The van der Waals surface area contributed by atoms with Gasteiger partial charge >= 0.3 is 0 Å². The molecule has 0 spiro atoms. The van der Waals surface area contributed by atoms with Crippen molar-refractivity contribution in [2.24, 2.45) is 5.92 Å². The highest BCUT2D eigenvalue weighted by Crippen LogP contribution is 2.28. The Morgan fingerprint density at radius 2 is 2.04 bits per heavy atom. The molecule has 0 bridgehead atoms. The number of nitriles is 1. The van der Waals surface area contributed by atoms with Crippen LogP contribution in [0.5, 0.6) is 0 Å². The van der Waals surface area contributed by atoms with Crippen LogP contribution in [-0.4, -0.2) is 10.8 Å². The van der Waals surface area contributed by atoms with Crippen LogP contribution in [0.3, 0.4) is 0 Å². The highest BCUT2D eigenvalue weighted by molar-refractivity contribution is 5.90. The van der Waals surface area contributed by atoms with Gasteiger partial charge in [0.05, 0.1) is 16.6 Å². The molecular weight excluding hydrogens is 344 g/mol. The van der Waals surface area contributed by atoms with Gasteiger partial charge in [-0.05, 0) is 36.6 Å². The van der Waals surface area contributed by atoms with Crippen LogP contribution in [0.1, 0.15) is 37.0 Å². The maximum atomic E-state index is 11.9. The Morgan fingerprint density at radius 1 is 1.30 bits per heavy atom. The molecule has 2 rings (SSSR count). The van der Waals surface area contributed by atoms with Crippen molar-refractivity contribution in [2.45, 2.75) is 33.7 Å². The lowest BCUT2D eigenvalue weighted by molar-refractivity contribution is -0.385. The summed E-state index contributed by atoms with van der Waals surface area (Å²) >= 11 is 0. The van der Waals surface area contributed by atoms with Crippen LogP contribution >= 0.6 is 0 Å². The van der Waals surface area contributed by atoms with Crippen molar-refractivity contribution in [3.05, 3.63) is 63.2 Å². The number of carbonyl (C=O) groups excluding carboxylic acids is 1. The number of carbonyl (C=O) groups is 1. The van der Waals surface area contributed by atoms with E-state index in [1.54, 1.807) is 13.0 Å². The molecule has 0 radical (unpaired) electrons. The normalized spacial score (nSPS) is 10.3. The van der Waals surface area contributed by atoms with Crippen LogP contribution in [0.4, 0.5) is 17.1 Å². The Kier molecular flexibility index (Phi) is 6.50. The lowest BCUT2D eigenvalue weighted by atomic mass is 10.1. The smallest absolute Gasteiger partial charge is 0.275 e. The van der Waals surface area contributed by atoms with Gasteiger partial charge in [0.25, 0.3) is 5.69 Å². The second-order valence-electron chi connectivity index (χ2n) is 6.74. The first-order valence-electron chi connectivity index (χ1n) is 8.62. The van der Waals surface area contributed by atoms with Crippen molar-refractivity contribution in [3.63, 3.8) is 0 Å². The number of nitro benzene ring substituents is 1. The van der Waals surface area contributed by atoms with E-state index in [2.05, 4.69) is 10.6 Å². The number of amides is 1. The summed E-state index contributed by atoms with van der Waals surface area (Å²) in [6.45, 7) is 6.01. The number of anilines is 2. The molecule has 7 nitrogen and oxygen atoms in total. The van der Waals surface area contributed by atoms with Crippen molar-refractivity contribution in [1.29, 1.82) is 5.26 Å². The van der Waals surface area contributed by atoms with E-state index in [1.165, 1.54) is 6.07 Å². The van der Waals surface area contributed by atoms with E-state index in [9.17, 15) is 14.9 Å². The topological polar surface area (TPSA) is 108 Å². The summed E-state index contributed by atoms with van der Waals surface area (Å²) in [5, 5.41) is 26.3. The van der Waals surface area contributed by atoms with Crippen LogP contribution in [0.2, 0.25) is 0 Å². The van der Waals surface area contributed by atoms with Crippen molar-refractivity contribution < 1.29 is 9.72 Å². The van der Waals surface area contributed by atoms with E-state index < -0.39 is 4.92 Å². The van der Waals surface area contributed by atoms with Gasteiger partial charge in [-0.2, -0.15) is 5.26 Å². The summed E-state index contributed by atoms with van der Waals surface area (Å²) < 4.78 is 0. The fourth-order valence-corrected chi connectivity index (χ4v) is 2.68. The Labute approximate surface area is 158 Å². The molecule has 0 saturated carbocycles. The van der Waals surface area contributed by atoms with Gasteiger partial charge in [-0.1, -0.05) is 26.0 Å². The maximum Gasteiger partial charge on any atom is 0.275 e. The van der Waals surface area contributed by atoms with E-state index in [-0.39, 0.29) is 23.1 Å². The minimum Gasteiger partial charge on any atom is -0.381 e. The van der Waals surface area contributed by atoms with Gasteiger partial charge in [-0.3, -0.25) is 14.9 Å². The lowest BCUT2D eigenvalue weighted by Gasteiger charge is -2.12. The molecule has 2 N–H and O–H groups in total. The standard InChI is InChI=1S/C20H22N4O3/c1-13(2)7-20(25)23-17-6-4-5-15(8-17)12-22-18-9-16(11-21)10-19(14(18)3)24(26)27/h4-6,8-10,13,22H,7,12H2,1-3H3,(H,23,25). The Bertz CT molecular complexity index is 901. The van der Waals surface area contributed by atoms with Crippen LogP contribution in [-0.2, 0) is 11.3 Å². The number of hydrogen-bond donors (Lipinski definition) is 2. The van der Waals surface area contributed by atoms with Gasteiger partial charge in [0.1, 0.15) is 0 Å². The van der Waals surface area contributed by atoms with Gasteiger partial charge < -0.3 is 10.6 Å². The summed E-state index contributed by atoms with van der Waals surface area (Å²) in [4.78, 5) is 22.6. The molecule has 7 heteroatoms. The molecule has 0 aliphatic heterocycles. The second-order valence-corrected chi connectivity index (χ2v) is 6.74. The fourth-order valence-electron chi connectivity index (χ4n) is 2.68. The fraction of sp³-hybridized carbons (Fsp3) is 0.300. The number of rotatable bonds is 7. The minimum absolute atomic E-state index is 0.0386. The molecule has 27 heavy (non-hydrogen) atoms. The van der Waals surface area contributed by atoms with E-state index in [4.69, 9.17) is 5.26 Å². The third-order valence-corrected chi connectivity index (χ3v) is 3.99. The molecule has 2 aromatic carbocycles. The molecule has 0 atom stereocenters. The van der Waals surface area contributed by atoms with Crippen molar-refractivity contribution >= 4 is 23.0 Å². The summed E-state index contributed by atoms with van der Waals surface area (Å²) in [5.74, 6) is 0.240. The van der Waals surface area contributed by atoms with Gasteiger partial charge in [0.2, 0.25) is 5.91 Å². The zero-order chi connectivity index (χ0) is 20.0. The molecule has 0 aliphatic rings. The summed E-state index contributed by atoms with van der Waals surface area (Å²) in [5.41, 5.74) is 2.75. The van der Waals surface area contributed by atoms with Gasteiger partial charge in [-0.15, -0.1) is 0 Å². The number of benzene rings is 2. The monoisotopic (exact) mass is 366 g/mol. The second kappa shape index (κ2) is 8.81. The first-order chi connectivity index (χ1) is 12.8. The Balaban J connectivity index is 2.14. The molecule has 1 amide bonds. The molecule has 0 fully saturated rings. The predicted molar refractivity (Wildman–Crippen MR) is 104 cm³/mol. The minimum atomic E-state index is -0.494. The average Bonchev–Trinajstić information content (AvgIpc) is 2.60. The van der Waals surface area contributed by atoms with E-state index in [1.807, 2.05) is 44.2 Å². The Hall–Kier alpha value is -3.40. The largest absolute Gasteiger partial charge is 0.381 e. The quantitative estimate of drug-likeness (QED) is 0.559. The van der Waals surface area contributed by atoms with Crippen LogP contribution < -0.4 is 10.6 Å². The van der Waals surface area contributed by atoms with Crippen LogP contribution in [0.15, 0.2) is 36.4 Å². The molecule has 140 valence electrons. The van der Waals surface area contributed by atoms with Gasteiger partial charge in [0.15, 0.2) is 0 Å². The molecule has 0 saturated heterocycles. The average molecular weight is 366 g/mol. The molecule has 0 heterocycles. The lowest BCUT2D eigenvalue weighted by Crippen LogP contribution is -2.14. The van der Waals surface area contributed by atoms with E-state index in [0.29, 0.717) is 29.9 Å². The van der Waals surface area contributed by atoms with Crippen molar-refractivity contribution in [2.75, 3.05) is 10.6 Å². The van der Waals surface area contributed by atoms with E-state index in [0.717, 1.165) is 5.56 Å². The highest BCUT2D eigenvalue weighted by atomic mass is 16.6. The zero-order valence-corrected chi connectivity index (χ0v) is 15.6. The van der Waals surface area contributed by atoms with Crippen molar-refractivity contribution in [3.8, 4) is 6.07 Å². The number of nitrogens with one attached hydrogen (secondary N) is 2. The van der Waals surface area contributed by atoms with Crippen LogP contribution in [0, 0.1) is 34.3 Å². The third-order valence-electron chi connectivity index (χ3n) is 3.99. The van der Waals surface area contributed by atoms with Gasteiger partial charge in [0, 0.05) is 36.0 Å². The Morgan fingerprint density at radius 3 is 2.67 bits per heavy atom. The number of nitro groups is 1. The molecule has 2 aromatic rings. The molecule has 0 aliphatic carbocycles. The predicted octanol–water partition coefficient (Wildman–Crippen LogP) is 4.37. The zero-order valence-electron chi connectivity index (χ0n) is 15.6. The molecular formula is C20H22N4O3. The van der Waals surface area contributed by atoms with Gasteiger partial charge in [-0.25, -0.2) is 0 Å². The first-order valence-corrected chi connectivity index (χ1v) is 8.62. The highest BCUT2D eigenvalue weighted by Gasteiger charge is 2.16. The van der Waals surface area contributed by atoms with Crippen LogP contribution in [0.25, 0.3) is 0 Å². The summed E-state index contributed by atoms with van der Waals surface area (Å²) in [6, 6.07) is 12.2. The SMILES string of the molecule is Cc1c(NCc2cccc(NC(=O)CC(C)C)c2)cc(C#N)cc1[N+](=O)[O-]. The maximum absolute atomic E-state index is 11.9. The summed E-state index contributed by atoms with van der Waals surface area (Å²) in [6.07, 6.45) is 0.451. The first kappa shape index (κ1) is 19.9. The van der Waals surface area contributed by atoms with E-state index >= 15 is 0 Å². The molecule has 0 unspecified atom stereocenters. The van der Waals surface area contributed by atoms with Crippen molar-refractivity contribution in [1.82, 2.24) is 0 Å².